The van der Waals surface area contributed by atoms with Crippen molar-refractivity contribution in [1.29, 1.82) is 0 Å². The maximum absolute atomic E-state index is 13.6. The SMILES string of the molecule is CCC(/N=C\N)Nc1ccc(/C=C/C(c2cc(Cl)cc(Cl)c2)C(F)(F)F)cc1C=O. The van der Waals surface area contributed by atoms with Crippen molar-refractivity contribution in [3.63, 3.8) is 0 Å². The Labute approximate surface area is 182 Å². The number of carbonyl (C=O) groups excluding carboxylic acids is 1. The van der Waals surface area contributed by atoms with Crippen LogP contribution in [0.4, 0.5) is 18.9 Å². The monoisotopic (exact) mass is 457 g/mol. The second kappa shape index (κ2) is 10.5. The smallest absolute Gasteiger partial charge is 0.390 e. The number of rotatable bonds is 8. The maximum atomic E-state index is 13.6. The van der Waals surface area contributed by atoms with Crippen molar-refractivity contribution in [2.45, 2.75) is 31.6 Å². The van der Waals surface area contributed by atoms with Gasteiger partial charge >= 0.3 is 6.18 Å². The summed E-state index contributed by atoms with van der Waals surface area (Å²) in [4.78, 5) is 15.5. The van der Waals surface area contributed by atoms with Crippen LogP contribution in [0.25, 0.3) is 6.08 Å². The van der Waals surface area contributed by atoms with E-state index in [1.54, 1.807) is 12.1 Å². The molecule has 0 spiro atoms. The van der Waals surface area contributed by atoms with Crippen LogP contribution in [0.15, 0.2) is 47.5 Å². The largest absolute Gasteiger partial charge is 0.399 e. The van der Waals surface area contributed by atoms with Crippen molar-refractivity contribution in [1.82, 2.24) is 0 Å². The number of nitrogens with zero attached hydrogens (tertiary/aromatic N) is 1. The van der Waals surface area contributed by atoms with Crippen molar-refractivity contribution < 1.29 is 18.0 Å². The summed E-state index contributed by atoms with van der Waals surface area (Å²) in [5.41, 5.74) is 6.46. The molecule has 9 heteroatoms. The molecule has 0 amide bonds. The fourth-order valence-corrected chi connectivity index (χ4v) is 3.36. The molecule has 0 aliphatic rings. The highest BCUT2D eigenvalue weighted by atomic mass is 35.5. The number of nitrogens with two attached hydrogens (primary N) is 1. The molecule has 0 fully saturated rings. The molecule has 2 aromatic rings. The van der Waals surface area contributed by atoms with Crippen LogP contribution in [0.2, 0.25) is 10.0 Å². The molecule has 3 N–H and O–H groups in total. The van der Waals surface area contributed by atoms with Gasteiger partial charge in [0, 0.05) is 21.3 Å². The Morgan fingerprint density at radius 1 is 1.17 bits per heavy atom. The van der Waals surface area contributed by atoms with Gasteiger partial charge in [0.25, 0.3) is 0 Å². The molecule has 0 aromatic heterocycles. The Morgan fingerprint density at radius 3 is 2.37 bits per heavy atom. The lowest BCUT2D eigenvalue weighted by Crippen LogP contribution is -2.19. The molecule has 0 aliphatic heterocycles. The van der Waals surface area contributed by atoms with Crippen molar-refractivity contribution in [3.8, 4) is 0 Å². The first-order valence-electron chi connectivity index (χ1n) is 8.98. The fraction of sp³-hybridized carbons (Fsp3) is 0.238. The Bertz CT molecular complexity index is 925. The molecular formula is C21H20Cl2F3N3O. The number of hydrogen-bond acceptors (Lipinski definition) is 3. The van der Waals surface area contributed by atoms with Gasteiger partial charge < -0.3 is 11.1 Å². The molecule has 2 unspecified atom stereocenters. The normalized spacial score (nSPS) is 14.2. The second-order valence-corrected chi connectivity index (χ2v) is 7.29. The van der Waals surface area contributed by atoms with E-state index in [0.29, 0.717) is 24.0 Å². The molecule has 2 rings (SSSR count). The van der Waals surface area contributed by atoms with Crippen LogP contribution in [0, 0.1) is 0 Å². The number of benzene rings is 2. The first-order chi connectivity index (χ1) is 14.2. The summed E-state index contributed by atoms with van der Waals surface area (Å²) in [5.74, 6) is -1.91. The quantitative estimate of drug-likeness (QED) is 0.277. The van der Waals surface area contributed by atoms with Crippen LogP contribution in [0.5, 0.6) is 0 Å². The lowest BCUT2D eigenvalue weighted by atomic mass is 9.96. The van der Waals surface area contributed by atoms with Crippen molar-refractivity contribution in [3.05, 3.63) is 69.2 Å². The van der Waals surface area contributed by atoms with E-state index in [2.05, 4.69) is 10.3 Å². The first-order valence-corrected chi connectivity index (χ1v) is 9.73. The third kappa shape index (κ3) is 6.50. The van der Waals surface area contributed by atoms with Crippen LogP contribution >= 0.6 is 23.2 Å². The van der Waals surface area contributed by atoms with E-state index in [4.69, 9.17) is 28.9 Å². The number of alkyl halides is 3. The lowest BCUT2D eigenvalue weighted by molar-refractivity contribution is -0.139. The average molecular weight is 458 g/mol. The van der Waals surface area contributed by atoms with Gasteiger partial charge in [-0.3, -0.25) is 9.79 Å². The molecule has 2 atom stereocenters. The summed E-state index contributed by atoms with van der Waals surface area (Å²) in [6.45, 7) is 1.89. The standard InChI is InChI=1S/C21H20Cl2F3N3O/c1-2-20(28-12-27)29-19-6-4-13(7-15(19)11-30)3-5-18(21(24,25)26)14-8-16(22)10-17(23)9-14/h3-12,18,20,29H,2H2,1H3,(H2,27,28)/b5-3+. The molecule has 0 saturated carbocycles. The molecule has 0 saturated heterocycles. The highest BCUT2D eigenvalue weighted by Crippen LogP contribution is 2.38. The summed E-state index contributed by atoms with van der Waals surface area (Å²) in [6.07, 6.45) is -0.144. The van der Waals surface area contributed by atoms with Crippen LogP contribution < -0.4 is 11.1 Å². The lowest BCUT2D eigenvalue weighted by Gasteiger charge is -2.18. The predicted molar refractivity (Wildman–Crippen MR) is 117 cm³/mol. The Balaban J connectivity index is 2.35. The van der Waals surface area contributed by atoms with Gasteiger partial charge in [-0.2, -0.15) is 13.2 Å². The van der Waals surface area contributed by atoms with Crippen molar-refractivity contribution in [2.24, 2.45) is 10.7 Å². The Morgan fingerprint density at radius 2 is 1.83 bits per heavy atom. The molecule has 2 aromatic carbocycles. The molecule has 160 valence electrons. The maximum Gasteiger partial charge on any atom is 0.399 e. The minimum Gasteiger partial charge on any atom is -0.390 e. The number of halogens is 5. The third-order valence-corrected chi connectivity index (χ3v) is 4.69. The van der Waals surface area contributed by atoms with E-state index < -0.39 is 12.1 Å². The summed E-state index contributed by atoms with van der Waals surface area (Å²) in [7, 11) is 0. The van der Waals surface area contributed by atoms with Gasteiger partial charge in [0.15, 0.2) is 6.29 Å². The highest BCUT2D eigenvalue weighted by Gasteiger charge is 2.39. The fourth-order valence-electron chi connectivity index (χ4n) is 2.81. The summed E-state index contributed by atoms with van der Waals surface area (Å²) >= 11 is 11.7. The van der Waals surface area contributed by atoms with E-state index in [1.807, 2.05) is 6.92 Å². The summed E-state index contributed by atoms with van der Waals surface area (Å²) < 4.78 is 40.8. The second-order valence-electron chi connectivity index (χ2n) is 6.41. The van der Waals surface area contributed by atoms with Gasteiger partial charge in [0.1, 0.15) is 6.17 Å². The van der Waals surface area contributed by atoms with E-state index >= 15 is 0 Å². The highest BCUT2D eigenvalue weighted by molar-refractivity contribution is 6.34. The number of aliphatic imine (C=N–C) groups is 1. The van der Waals surface area contributed by atoms with Gasteiger partial charge in [-0.1, -0.05) is 48.3 Å². The van der Waals surface area contributed by atoms with Crippen molar-refractivity contribution >= 4 is 47.6 Å². The number of allylic oxidation sites excluding steroid dienone is 1. The summed E-state index contributed by atoms with van der Waals surface area (Å²) in [5, 5.41) is 3.29. The zero-order valence-electron chi connectivity index (χ0n) is 16.0. The van der Waals surface area contributed by atoms with Crippen LogP contribution in [0.1, 0.15) is 40.7 Å². The molecular weight excluding hydrogens is 438 g/mol. The molecule has 0 radical (unpaired) electrons. The van der Waals surface area contributed by atoms with E-state index in [9.17, 15) is 18.0 Å². The van der Waals surface area contributed by atoms with E-state index in [1.165, 1.54) is 30.3 Å². The van der Waals surface area contributed by atoms with Crippen LogP contribution in [-0.4, -0.2) is 25.0 Å². The Hall–Kier alpha value is -2.51. The summed E-state index contributed by atoms with van der Waals surface area (Å²) in [6, 6.07) is 8.51. The van der Waals surface area contributed by atoms with Crippen LogP contribution in [0.3, 0.4) is 0 Å². The molecule has 0 heterocycles. The van der Waals surface area contributed by atoms with Gasteiger partial charge in [0.2, 0.25) is 0 Å². The zero-order valence-corrected chi connectivity index (χ0v) is 17.5. The number of nitrogens with one attached hydrogen (secondary N) is 1. The minimum absolute atomic E-state index is 0.0735. The number of anilines is 1. The topological polar surface area (TPSA) is 67.5 Å². The van der Waals surface area contributed by atoms with Crippen LogP contribution in [-0.2, 0) is 0 Å². The number of aldehydes is 1. The van der Waals surface area contributed by atoms with E-state index in [-0.39, 0.29) is 27.3 Å². The van der Waals surface area contributed by atoms with Crippen molar-refractivity contribution in [2.75, 3.05) is 5.32 Å². The average Bonchev–Trinajstić information content (AvgIpc) is 2.66. The van der Waals surface area contributed by atoms with Gasteiger partial charge in [0.05, 0.1) is 12.3 Å². The number of carbonyl (C=O) groups is 1. The zero-order chi connectivity index (χ0) is 22.3. The molecule has 0 bridgehead atoms. The number of hydrogen-bond donors (Lipinski definition) is 2. The first kappa shape index (κ1) is 23.8. The van der Waals surface area contributed by atoms with Gasteiger partial charge in [-0.15, -0.1) is 0 Å². The van der Waals surface area contributed by atoms with Gasteiger partial charge in [-0.05, 0) is 47.9 Å². The minimum atomic E-state index is -4.55. The van der Waals surface area contributed by atoms with E-state index in [0.717, 1.165) is 12.4 Å². The Kier molecular flexibility index (Phi) is 8.32. The third-order valence-electron chi connectivity index (χ3n) is 4.26. The molecule has 0 aliphatic carbocycles. The molecule has 4 nitrogen and oxygen atoms in total. The molecule has 30 heavy (non-hydrogen) atoms. The van der Waals surface area contributed by atoms with Gasteiger partial charge in [-0.25, -0.2) is 0 Å². The predicted octanol–water partition coefficient (Wildman–Crippen LogP) is 6.30.